The summed E-state index contributed by atoms with van der Waals surface area (Å²) >= 11 is 4.90. The first-order chi connectivity index (χ1) is 7.08. The van der Waals surface area contributed by atoms with E-state index >= 15 is 0 Å². The van der Waals surface area contributed by atoms with Crippen LogP contribution in [0.2, 0.25) is 0 Å². The highest BCUT2D eigenvalue weighted by Crippen LogP contribution is 2.29. The minimum atomic E-state index is -1.01. The first kappa shape index (κ1) is 10.4. The lowest BCUT2D eigenvalue weighted by molar-refractivity contribution is 0.0689. The largest absolute Gasteiger partial charge is 0.476 e. The third-order valence-corrected chi connectivity index (χ3v) is 3.63. The quantitative estimate of drug-likeness (QED) is 0.923. The van der Waals surface area contributed by atoms with Gasteiger partial charge in [0.25, 0.3) is 0 Å². The molecule has 0 aliphatic rings. The van der Waals surface area contributed by atoms with Crippen molar-refractivity contribution in [3.8, 4) is 10.6 Å². The Balaban J connectivity index is 2.49. The SMILES string of the molecule is Cn1nc(C(=O)O)cc1-c1cc(Br)cs1. The summed E-state index contributed by atoms with van der Waals surface area (Å²) in [7, 11) is 1.73. The second-order valence-electron chi connectivity index (χ2n) is 2.97. The highest BCUT2D eigenvalue weighted by molar-refractivity contribution is 9.10. The summed E-state index contributed by atoms with van der Waals surface area (Å²) in [6, 6.07) is 3.51. The van der Waals surface area contributed by atoms with Crippen molar-refractivity contribution in [2.45, 2.75) is 0 Å². The molecule has 0 aromatic carbocycles. The molecule has 0 saturated carbocycles. The number of thiophene rings is 1. The summed E-state index contributed by atoms with van der Waals surface area (Å²) in [6.07, 6.45) is 0. The molecule has 0 unspecified atom stereocenters. The molecule has 6 heteroatoms. The molecule has 0 aliphatic carbocycles. The first-order valence-corrected chi connectivity index (χ1v) is 5.77. The number of hydrogen-bond donors (Lipinski definition) is 1. The molecule has 1 N–H and O–H groups in total. The Morgan fingerprint density at radius 2 is 2.33 bits per heavy atom. The number of carboxylic acid groups (broad SMARTS) is 1. The Morgan fingerprint density at radius 1 is 1.60 bits per heavy atom. The number of aryl methyl sites for hydroxylation is 1. The lowest BCUT2D eigenvalue weighted by Crippen LogP contribution is -1.99. The van der Waals surface area contributed by atoms with E-state index in [2.05, 4.69) is 21.0 Å². The number of carbonyl (C=O) groups is 1. The van der Waals surface area contributed by atoms with Gasteiger partial charge < -0.3 is 5.11 Å². The van der Waals surface area contributed by atoms with Gasteiger partial charge in [0.1, 0.15) is 0 Å². The van der Waals surface area contributed by atoms with Gasteiger partial charge in [-0.25, -0.2) is 4.79 Å². The van der Waals surface area contributed by atoms with E-state index in [1.54, 1.807) is 29.1 Å². The van der Waals surface area contributed by atoms with E-state index in [1.807, 2.05) is 11.4 Å². The molecule has 0 aliphatic heterocycles. The predicted octanol–water partition coefficient (Wildman–Crippen LogP) is 2.61. The molecule has 0 atom stereocenters. The fourth-order valence-corrected chi connectivity index (χ4v) is 2.72. The average Bonchev–Trinajstić information content (AvgIpc) is 2.71. The van der Waals surface area contributed by atoms with Crippen molar-refractivity contribution in [1.29, 1.82) is 0 Å². The maximum absolute atomic E-state index is 10.7. The minimum absolute atomic E-state index is 0.0667. The molecule has 0 amide bonds. The van der Waals surface area contributed by atoms with Crippen LogP contribution in [-0.2, 0) is 7.05 Å². The lowest BCUT2D eigenvalue weighted by atomic mass is 10.3. The molecule has 0 saturated heterocycles. The van der Waals surface area contributed by atoms with E-state index in [-0.39, 0.29) is 5.69 Å². The van der Waals surface area contributed by atoms with Crippen LogP contribution in [0.25, 0.3) is 10.6 Å². The van der Waals surface area contributed by atoms with Gasteiger partial charge in [-0.3, -0.25) is 4.68 Å². The van der Waals surface area contributed by atoms with Crippen molar-refractivity contribution in [2.24, 2.45) is 7.05 Å². The van der Waals surface area contributed by atoms with Gasteiger partial charge >= 0.3 is 5.97 Å². The zero-order valence-electron chi connectivity index (χ0n) is 7.77. The molecule has 0 bridgehead atoms. The third kappa shape index (κ3) is 1.95. The highest BCUT2D eigenvalue weighted by Gasteiger charge is 2.13. The van der Waals surface area contributed by atoms with Gasteiger partial charge in [-0.1, -0.05) is 0 Å². The molecule has 2 rings (SSSR count). The smallest absolute Gasteiger partial charge is 0.356 e. The van der Waals surface area contributed by atoms with E-state index < -0.39 is 5.97 Å². The first-order valence-electron chi connectivity index (χ1n) is 4.09. The van der Waals surface area contributed by atoms with Crippen LogP contribution < -0.4 is 0 Å². The zero-order valence-corrected chi connectivity index (χ0v) is 10.2. The van der Waals surface area contributed by atoms with Crippen LogP contribution in [0, 0.1) is 0 Å². The number of hydrogen-bond acceptors (Lipinski definition) is 3. The van der Waals surface area contributed by atoms with Crippen LogP contribution in [0.5, 0.6) is 0 Å². The van der Waals surface area contributed by atoms with Crippen LogP contribution in [-0.4, -0.2) is 20.9 Å². The summed E-state index contributed by atoms with van der Waals surface area (Å²) in [4.78, 5) is 11.7. The van der Waals surface area contributed by atoms with E-state index in [9.17, 15) is 4.79 Å². The molecule has 78 valence electrons. The van der Waals surface area contributed by atoms with E-state index in [0.717, 1.165) is 15.0 Å². The van der Waals surface area contributed by atoms with Crippen LogP contribution in [0.3, 0.4) is 0 Å². The zero-order chi connectivity index (χ0) is 11.0. The Bertz CT molecular complexity index is 518. The van der Waals surface area contributed by atoms with Gasteiger partial charge in [0.15, 0.2) is 5.69 Å². The van der Waals surface area contributed by atoms with Crippen LogP contribution >= 0.6 is 27.3 Å². The van der Waals surface area contributed by atoms with Crippen molar-refractivity contribution < 1.29 is 9.90 Å². The van der Waals surface area contributed by atoms with Crippen molar-refractivity contribution in [2.75, 3.05) is 0 Å². The number of halogens is 1. The normalized spacial score (nSPS) is 10.5. The van der Waals surface area contributed by atoms with Crippen molar-refractivity contribution >= 4 is 33.2 Å². The lowest BCUT2D eigenvalue weighted by Gasteiger charge is -1.95. The molecule has 2 aromatic heterocycles. The summed E-state index contributed by atoms with van der Waals surface area (Å²) < 4.78 is 2.56. The fraction of sp³-hybridized carbons (Fsp3) is 0.111. The Hall–Kier alpha value is -1.14. The summed E-state index contributed by atoms with van der Waals surface area (Å²) in [5, 5.41) is 14.6. The minimum Gasteiger partial charge on any atom is -0.476 e. The number of carboxylic acids is 1. The average molecular weight is 287 g/mol. The highest BCUT2D eigenvalue weighted by atomic mass is 79.9. The second kappa shape index (κ2) is 3.79. The molecule has 0 radical (unpaired) electrons. The van der Waals surface area contributed by atoms with Gasteiger partial charge in [0, 0.05) is 16.9 Å². The standard InChI is InChI=1S/C9H7BrN2O2S/c1-12-7(3-6(11-12)9(13)14)8-2-5(10)4-15-8/h2-4H,1H3,(H,13,14). The Labute approximate surface area is 98.3 Å². The van der Waals surface area contributed by atoms with Crippen LogP contribution in [0.1, 0.15) is 10.5 Å². The second-order valence-corrected chi connectivity index (χ2v) is 4.80. The molecule has 2 aromatic rings. The number of aromatic nitrogens is 2. The fourth-order valence-electron chi connectivity index (χ4n) is 1.25. The molecule has 15 heavy (non-hydrogen) atoms. The number of nitrogens with zero attached hydrogens (tertiary/aromatic N) is 2. The van der Waals surface area contributed by atoms with E-state index in [0.29, 0.717) is 0 Å². The predicted molar refractivity (Wildman–Crippen MR) is 61.2 cm³/mol. The summed E-state index contributed by atoms with van der Waals surface area (Å²) in [5.41, 5.74) is 0.875. The van der Waals surface area contributed by atoms with Crippen molar-refractivity contribution in [3.05, 3.63) is 27.7 Å². The molecule has 2 heterocycles. The van der Waals surface area contributed by atoms with Crippen molar-refractivity contribution in [1.82, 2.24) is 9.78 Å². The number of rotatable bonds is 2. The van der Waals surface area contributed by atoms with Crippen LogP contribution in [0.15, 0.2) is 22.0 Å². The third-order valence-electron chi connectivity index (χ3n) is 1.92. The molecule has 0 spiro atoms. The summed E-state index contributed by atoms with van der Waals surface area (Å²) in [5.74, 6) is -1.01. The van der Waals surface area contributed by atoms with Gasteiger partial charge in [0.2, 0.25) is 0 Å². The van der Waals surface area contributed by atoms with E-state index in [1.165, 1.54) is 0 Å². The maximum Gasteiger partial charge on any atom is 0.356 e. The van der Waals surface area contributed by atoms with Crippen molar-refractivity contribution in [3.63, 3.8) is 0 Å². The van der Waals surface area contributed by atoms with Crippen LogP contribution in [0.4, 0.5) is 0 Å². The molecular formula is C9H7BrN2O2S. The monoisotopic (exact) mass is 286 g/mol. The van der Waals surface area contributed by atoms with E-state index in [4.69, 9.17) is 5.11 Å². The van der Waals surface area contributed by atoms with Gasteiger partial charge in [-0.2, -0.15) is 5.10 Å². The molecule has 0 fully saturated rings. The van der Waals surface area contributed by atoms with Gasteiger partial charge in [-0.15, -0.1) is 11.3 Å². The Morgan fingerprint density at radius 3 is 2.80 bits per heavy atom. The Kier molecular flexibility index (Phi) is 2.62. The number of aromatic carboxylic acids is 1. The van der Waals surface area contributed by atoms with Gasteiger partial charge in [-0.05, 0) is 28.1 Å². The molecular weight excluding hydrogens is 280 g/mol. The topological polar surface area (TPSA) is 55.1 Å². The molecule has 4 nitrogen and oxygen atoms in total. The maximum atomic E-state index is 10.7. The van der Waals surface area contributed by atoms with Gasteiger partial charge in [0.05, 0.1) is 10.6 Å². The summed E-state index contributed by atoms with van der Waals surface area (Å²) in [6.45, 7) is 0.